The van der Waals surface area contributed by atoms with Crippen molar-refractivity contribution in [3.8, 4) is 0 Å². The van der Waals surface area contributed by atoms with E-state index in [4.69, 9.17) is 9.72 Å². The number of para-hydroxylation sites is 2. The van der Waals surface area contributed by atoms with Crippen LogP contribution in [0.25, 0.3) is 11.0 Å². The van der Waals surface area contributed by atoms with Crippen LogP contribution < -0.4 is 5.32 Å². The molecule has 10 heteroatoms. The van der Waals surface area contributed by atoms with E-state index in [-0.39, 0.29) is 11.8 Å². The Bertz CT molecular complexity index is 1450. The molecule has 5 rings (SSSR count). The minimum atomic E-state index is -0.253. The molecule has 0 radical (unpaired) electrons. The van der Waals surface area contributed by atoms with Gasteiger partial charge in [0.1, 0.15) is 0 Å². The summed E-state index contributed by atoms with van der Waals surface area (Å²) in [5.74, 6) is -0.284. The molecule has 0 bridgehead atoms. The minimum absolute atomic E-state index is 0.0311. The van der Waals surface area contributed by atoms with Crippen LogP contribution in [-0.4, -0.2) is 82.4 Å². The third kappa shape index (κ3) is 5.88. The fourth-order valence-electron chi connectivity index (χ4n) is 4.57. The van der Waals surface area contributed by atoms with Crippen LogP contribution in [0.1, 0.15) is 37.0 Å². The smallest absolute Gasteiger partial charge is 0.258 e. The van der Waals surface area contributed by atoms with Gasteiger partial charge in [0.25, 0.3) is 11.8 Å². The number of fused-ring (bicyclic) bond motifs is 1. The summed E-state index contributed by atoms with van der Waals surface area (Å²) in [4.78, 5) is 40.6. The van der Waals surface area contributed by atoms with Gasteiger partial charge in [0.05, 0.1) is 34.6 Å². The summed E-state index contributed by atoms with van der Waals surface area (Å²) < 4.78 is 9.58. The number of aromatic nitrogens is 3. The van der Waals surface area contributed by atoms with Gasteiger partial charge in [-0.15, -0.1) is 0 Å². The number of amides is 2. The molecule has 2 aromatic carbocycles. The summed E-state index contributed by atoms with van der Waals surface area (Å²) in [6.45, 7) is 6.35. The average Bonchev–Trinajstić information content (AvgIpc) is 3.31. The average molecular weight is 531 g/mol. The van der Waals surface area contributed by atoms with Crippen molar-refractivity contribution < 1.29 is 14.3 Å². The summed E-state index contributed by atoms with van der Waals surface area (Å²) >= 11 is 1.30. The van der Waals surface area contributed by atoms with Crippen molar-refractivity contribution >= 4 is 40.1 Å². The van der Waals surface area contributed by atoms with Crippen LogP contribution in [0.3, 0.4) is 0 Å². The maximum absolute atomic E-state index is 13.3. The van der Waals surface area contributed by atoms with E-state index in [9.17, 15) is 9.59 Å². The molecule has 1 aliphatic rings. The summed E-state index contributed by atoms with van der Waals surface area (Å²) in [6.07, 6.45) is 2.20. The van der Waals surface area contributed by atoms with Gasteiger partial charge in [0.2, 0.25) is 0 Å². The predicted octanol–water partition coefficient (Wildman–Crippen LogP) is 3.64. The zero-order chi connectivity index (χ0) is 26.5. The Balaban J connectivity index is 1.26. The third-order valence-electron chi connectivity index (χ3n) is 6.64. The SMILES string of the molecule is COCCN1CCN(C(=O)c2cccc(NC(=O)c3c(C)nsc3Cc3cnc4ccccc4n3)c2)CC1. The number of piperazine rings is 1. The van der Waals surface area contributed by atoms with E-state index >= 15 is 0 Å². The highest BCUT2D eigenvalue weighted by molar-refractivity contribution is 7.06. The molecule has 196 valence electrons. The van der Waals surface area contributed by atoms with Crippen LogP contribution in [0.2, 0.25) is 0 Å². The normalized spacial score (nSPS) is 14.1. The first-order chi connectivity index (χ1) is 18.5. The van der Waals surface area contributed by atoms with Crippen molar-refractivity contribution in [2.24, 2.45) is 0 Å². The van der Waals surface area contributed by atoms with Crippen molar-refractivity contribution in [3.63, 3.8) is 0 Å². The summed E-state index contributed by atoms with van der Waals surface area (Å²) in [5, 5.41) is 2.97. The highest BCUT2D eigenvalue weighted by Gasteiger charge is 2.23. The second kappa shape index (κ2) is 11.8. The zero-order valence-electron chi connectivity index (χ0n) is 21.5. The van der Waals surface area contributed by atoms with Crippen LogP contribution in [-0.2, 0) is 11.2 Å². The molecule has 4 aromatic rings. The predicted molar refractivity (Wildman–Crippen MR) is 148 cm³/mol. The molecule has 0 unspecified atom stereocenters. The molecule has 3 heterocycles. The van der Waals surface area contributed by atoms with E-state index in [1.807, 2.05) is 36.1 Å². The Morgan fingerprint density at radius 3 is 2.63 bits per heavy atom. The monoisotopic (exact) mass is 530 g/mol. The summed E-state index contributed by atoms with van der Waals surface area (Å²) in [5.41, 5.74) is 4.74. The number of anilines is 1. The van der Waals surface area contributed by atoms with Crippen LogP contribution in [0.15, 0.2) is 54.7 Å². The molecule has 1 N–H and O–H groups in total. The highest BCUT2D eigenvalue weighted by Crippen LogP contribution is 2.24. The number of benzene rings is 2. The fourth-order valence-corrected chi connectivity index (χ4v) is 5.46. The van der Waals surface area contributed by atoms with Crippen molar-refractivity contribution in [1.82, 2.24) is 24.1 Å². The van der Waals surface area contributed by atoms with Gasteiger partial charge in [-0.3, -0.25) is 19.5 Å². The van der Waals surface area contributed by atoms with E-state index in [1.165, 1.54) is 11.5 Å². The first-order valence-electron chi connectivity index (χ1n) is 12.6. The Labute approximate surface area is 225 Å². The van der Waals surface area contributed by atoms with Gasteiger partial charge >= 0.3 is 0 Å². The first kappa shape index (κ1) is 25.9. The van der Waals surface area contributed by atoms with Gasteiger partial charge < -0.3 is 15.0 Å². The highest BCUT2D eigenvalue weighted by atomic mass is 32.1. The Kier molecular flexibility index (Phi) is 8.02. The number of hydrogen-bond donors (Lipinski definition) is 1. The van der Waals surface area contributed by atoms with Gasteiger partial charge in [-0.1, -0.05) is 18.2 Å². The minimum Gasteiger partial charge on any atom is -0.383 e. The standard InChI is InChI=1S/C28H30N6O3S/c1-19-26(25(38-32-19)17-22-18-29-23-8-3-4-9-24(23)30-22)27(35)31-21-7-5-6-20(16-21)28(36)34-12-10-33(11-13-34)14-15-37-2/h3-9,16,18H,10-15,17H2,1-2H3,(H,31,35). The number of rotatable bonds is 8. The van der Waals surface area contributed by atoms with E-state index in [0.29, 0.717) is 48.6 Å². The number of hydrogen-bond acceptors (Lipinski definition) is 8. The van der Waals surface area contributed by atoms with Gasteiger partial charge in [-0.05, 0) is 48.8 Å². The molecule has 1 aliphatic heterocycles. The van der Waals surface area contributed by atoms with E-state index in [1.54, 1.807) is 37.6 Å². The Morgan fingerprint density at radius 2 is 1.84 bits per heavy atom. The van der Waals surface area contributed by atoms with E-state index in [0.717, 1.165) is 41.2 Å². The van der Waals surface area contributed by atoms with Crippen LogP contribution in [0.4, 0.5) is 5.69 Å². The lowest BCUT2D eigenvalue weighted by molar-refractivity contribution is 0.0594. The number of aryl methyl sites for hydroxylation is 1. The molecule has 1 saturated heterocycles. The summed E-state index contributed by atoms with van der Waals surface area (Å²) in [6, 6.07) is 14.8. The van der Waals surface area contributed by atoms with Crippen molar-refractivity contribution in [2.45, 2.75) is 13.3 Å². The molecule has 0 spiro atoms. The van der Waals surface area contributed by atoms with E-state index in [2.05, 4.69) is 19.6 Å². The number of nitrogens with one attached hydrogen (secondary N) is 1. The maximum atomic E-state index is 13.3. The largest absolute Gasteiger partial charge is 0.383 e. The number of ether oxygens (including phenoxy) is 1. The number of methoxy groups -OCH3 is 1. The lowest BCUT2D eigenvalue weighted by atomic mass is 10.1. The van der Waals surface area contributed by atoms with Gasteiger partial charge in [0.15, 0.2) is 0 Å². The second-order valence-electron chi connectivity index (χ2n) is 9.25. The lowest BCUT2D eigenvalue weighted by Gasteiger charge is -2.34. The molecule has 0 saturated carbocycles. The lowest BCUT2D eigenvalue weighted by Crippen LogP contribution is -2.49. The van der Waals surface area contributed by atoms with Gasteiger partial charge in [-0.25, -0.2) is 4.98 Å². The van der Waals surface area contributed by atoms with Crippen molar-refractivity contribution in [2.75, 3.05) is 51.8 Å². The Morgan fingerprint density at radius 1 is 1.05 bits per heavy atom. The third-order valence-corrected chi connectivity index (χ3v) is 7.57. The van der Waals surface area contributed by atoms with E-state index < -0.39 is 0 Å². The number of carbonyl (C=O) groups excluding carboxylic acids is 2. The number of nitrogens with zero attached hydrogens (tertiary/aromatic N) is 5. The molecule has 2 amide bonds. The molecule has 1 fully saturated rings. The zero-order valence-corrected chi connectivity index (χ0v) is 22.3. The molecule has 0 atom stereocenters. The van der Waals surface area contributed by atoms with Crippen molar-refractivity contribution in [1.29, 1.82) is 0 Å². The molecular weight excluding hydrogens is 500 g/mol. The second-order valence-corrected chi connectivity index (χ2v) is 10.1. The first-order valence-corrected chi connectivity index (χ1v) is 13.4. The maximum Gasteiger partial charge on any atom is 0.258 e. The van der Waals surface area contributed by atoms with Crippen LogP contribution >= 0.6 is 11.5 Å². The van der Waals surface area contributed by atoms with Crippen molar-refractivity contribution in [3.05, 3.63) is 82.1 Å². The van der Waals surface area contributed by atoms with Crippen LogP contribution in [0.5, 0.6) is 0 Å². The summed E-state index contributed by atoms with van der Waals surface area (Å²) in [7, 11) is 1.70. The van der Waals surface area contributed by atoms with Crippen LogP contribution in [0, 0.1) is 6.92 Å². The Hall–Kier alpha value is -3.73. The molecule has 9 nitrogen and oxygen atoms in total. The van der Waals surface area contributed by atoms with Gasteiger partial charge in [0, 0.05) is 68.6 Å². The van der Waals surface area contributed by atoms with Gasteiger partial charge in [-0.2, -0.15) is 4.37 Å². The molecular formula is C28H30N6O3S. The quantitative estimate of drug-likeness (QED) is 0.371. The fraction of sp³-hybridized carbons (Fsp3) is 0.321. The molecule has 2 aromatic heterocycles. The molecule has 0 aliphatic carbocycles. The molecule has 38 heavy (non-hydrogen) atoms. The number of carbonyl (C=O) groups is 2. The topological polar surface area (TPSA) is 101 Å².